The highest BCUT2D eigenvalue weighted by Gasteiger charge is 2.18. The lowest BCUT2D eigenvalue weighted by Gasteiger charge is -2.20. The van der Waals surface area contributed by atoms with Crippen LogP contribution in [0.2, 0.25) is 0 Å². The maximum Gasteiger partial charge on any atom is 0.235 e. The molecule has 1 aliphatic rings. The van der Waals surface area contributed by atoms with Gasteiger partial charge in [-0.25, -0.2) is 8.42 Å². The van der Waals surface area contributed by atoms with Gasteiger partial charge < -0.3 is 5.32 Å². The molecule has 0 bridgehead atoms. The Balaban J connectivity index is 2.40. The molecule has 0 aromatic carbocycles. The van der Waals surface area contributed by atoms with Crippen molar-refractivity contribution >= 4 is 15.7 Å². The molecule has 1 fully saturated rings. The number of hydrogen-bond acceptors (Lipinski definition) is 3. The molecule has 0 radical (unpaired) electrons. The van der Waals surface area contributed by atoms with Crippen LogP contribution in [0.3, 0.4) is 0 Å². The number of carbonyl (C=O) groups excluding carboxylic acids is 1. The summed E-state index contributed by atoms with van der Waals surface area (Å²) < 4.78 is 22.9. The van der Waals surface area contributed by atoms with E-state index in [4.69, 9.17) is 0 Å². The quantitative estimate of drug-likeness (QED) is 0.777. The van der Waals surface area contributed by atoms with Gasteiger partial charge in [0.25, 0.3) is 0 Å². The molecule has 1 aliphatic carbocycles. The van der Waals surface area contributed by atoms with Gasteiger partial charge >= 0.3 is 0 Å². The molecule has 0 aromatic heterocycles. The summed E-state index contributed by atoms with van der Waals surface area (Å²) in [6.07, 6.45) is 9.17. The number of amides is 1. The van der Waals surface area contributed by atoms with Crippen molar-refractivity contribution in [3.63, 3.8) is 0 Å². The first kappa shape index (κ1) is 15.2. The van der Waals surface area contributed by atoms with Crippen molar-refractivity contribution in [1.82, 2.24) is 5.32 Å². The van der Waals surface area contributed by atoms with Crippen molar-refractivity contribution in [3.05, 3.63) is 12.7 Å². The van der Waals surface area contributed by atoms with E-state index in [0.29, 0.717) is 0 Å². The first-order valence-corrected chi connectivity index (χ1v) is 8.46. The molecule has 0 spiro atoms. The van der Waals surface area contributed by atoms with Crippen molar-refractivity contribution in [2.75, 3.05) is 11.5 Å². The summed E-state index contributed by atoms with van der Waals surface area (Å²) >= 11 is 0. The van der Waals surface area contributed by atoms with Gasteiger partial charge in [0.2, 0.25) is 5.91 Å². The zero-order valence-electron chi connectivity index (χ0n) is 10.9. The largest absolute Gasteiger partial charge is 0.352 e. The van der Waals surface area contributed by atoms with E-state index < -0.39 is 15.6 Å². The van der Waals surface area contributed by atoms with Gasteiger partial charge in [-0.1, -0.05) is 38.2 Å². The molecule has 0 saturated heterocycles. The summed E-state index contributed by atoms with van der Waals surface area (Å²) in [6.45, 7) is 3.38. The Hall–Kier alpha value is -0.840. The standard InChI is InChI=1S/C13H23NO3S/c1-2-10-18(16,17)11-13(15)14-12-8-6-4-3-5-7-9-12/h2,12H,1,3-11H2,(H,14,15). The Morgan fingerprint density at radius 2 is 1.72 bits per heavy atom. The number of hydrogen-bond donors (Lipinski definition) is 1. The van der Waals surface area contributed by atoms with Crippen LogP contribution >= 0.6 is 0 Å². The molecule has 1 saturated carbocycles. The minimum Gasteiger partial charge on any atom is -0.352 e. The smallest absolute Gasteiger partial charge is 0.235 e. The fourth-order valence-corrected chi connectivity index (χ4v) is 3.27. The first-order chi connectivity index (χ1) is 8.53. The van der Waals surface area contributed by atoms with Crippen molar-refractivity contribution in [2.24, 2.45) is 0 Å². The van der Waals surface area contributed by atoms with Gasteiger partial charge in [-0.05, 0) is 12.8 Å². The van der Waals surface area contributed by atoms with E-state index in [1.807, 2.05) is 0 Å². The predicted octanol–water partition coefficient (Wildman–Crippen LogP) is 1.82. The van der Waals surface area contributed by atoms with Crippen molar-refractivity contribution in [1.29, 1.82) is 0 Å². The second-order valence-electron chi connectivity index (χ2n) is 4.95. The molecule has 1 rings (SSSR count). The summed E-state index contributed by atoms with van der Waals surface area (Å²) in [5.41, 5.74) is 0. The number of nitrogens with one attached hydrogen (secondary N) is 1. The van der Waals surface area contributed by atoms with Crippen molar-refractivity contribution in [2.45, 2.75) is 51.0 Å². The van der Waals surface area contributed by atoms with Crippen LogP contribution in [0, 0.1) is 0 Å². The summed E-state index contributed by atoms with van der Waals surface area (Å²) in [7, 11) is -3.33. The molecule has 0 heterocycles. The van der Waals surface area contributed by atoms with E-state index in [1.54, 1.807) is 0 Å². The Kier molecular flexibility index (Phi) is 6.39. The normalized spacial score (nSPS) is 18.7. The van der Waals surface area contributed by atoms with Crippen LogP contribution in [-0.2, 0) is 14.6 Å². The fourth-order valence-electron chi connectivity index (χ4n) is 2.31. The Bertz CT molecular complexity index is 368. The summed E-state index contributed by atoms with van der Waals surface area (Å²) in [5, 5.41) is 2.85. The van der Waals surface area contributed by atoms with Crippen LogP contribution in [-0.4, -0.2) is 31.9 Å². The predicted molar refractivity (Wildman–Crippen MR) is 73.1 cm³/mol. The number of sulfone groups is 1. The average molecular weight is 273 g/mol. The maximum atomic E-state index is 11.7. The third-order valence-electron chi connectivity index (χ3n) is 3.19. The van der Waals surface area contributed by atoms with Crippen molar-refractivity contribution in [3.8, 4) is 0 Å². The van der Waals surface area contributed by atoms with E-state index in [2.05, 4.69) is 11.9 Å². The monoisotopic (exact) mass is 273 g/mol. The van der Waals surface area contributed by atoms with Gasteiger partial charge in [-0.2, -0.15) is 0 Å². The summed E-state index contributed by atoms with van der Waals surface area (Å²) in [5.74, 6) is -0.928. The van der Waals surface area contributed by atoms with Gasteiger partial charge in [0, 0.05) is 6.04 Å². The van der Waals surface area contributed by atoms with Gasteiger partial charge in [0.1, 0.15) is 5.75 Å². The molecule has 104 valence electrons. The van der Waals surface area contributed by atoms with Crippen LogP contribution in [0.5, 0.6) is 0 Å². The molecule has 1 amide bonds. The van der Waals surface area contributed by atoms with Crippen LogP contribution in [0.25, 0.3) is 0 Å². The first-order valence-electron chi connectivity index (χ1n) is 6.64. The van der Waals surface area contributed by atoms with Gasteiger partial charge in [0.15, 0.2) is 9.84 Å². The molecule has 0 aromatic rings. The Morgan fingerprint density at radius 1 is 1.17 bits per heavy atom. The third-order valence-corrected chi connectivity index (χ3v) is 4.64. The molecular weight excluding hydrogens is 250 g/mol. The lowest BCUT2D eigenvalue weighted by atomic mass is 9.97. The van der Waals surface area contributed by atoms with Crippen LogP contribution in [0.4, 0.5) is 0 Å². The zero-order valence-corrected chi connectivity index (χ0v) is 11.7. The average Bonchev–Trinajstić information content (AvgIpc) is 2.20. The van der Waals surface area contributed by atoms with E-state index >= 15 is 0 Å². The van der Waals surface area contributed by atoms with Gasteiger partial charge in [0.05, 0.1) is 5.75 Å². The number of carbonyl (C=O) groups is 1. The minimum absolute atomic E-state index is 0.134. The summed E-state index contributed by atoms with van der Waals surface area (Å²) in [4.78, 5) is 11.7. The van der Waals surface area contributed by atoms with Crippen LogP contribution in [0.15, 0.2) is 12.7 Å². The van der Waals surface area contributed by atoms with E-state index in [9.17, 15) is 13.2 Å². The van der Waals surface area contributed by atoms with E-state index in [-0.39, 0.29) is 17.7 Å². The van der Waals surface area contributed by atoms with Crippen LogP contribution < -0.4 is 5.32 Å². The second kappa shape index (κ2) is 7.56. The third kappa shape index (κ3) is 6.19. The Labute approximate surface area is 110 Å². The van der Waals surface area contributed by atoms with Gasteiger partial charge in [-0.15, -0.1) is 6.58 Å². The second-order valence-corrected chi connectivity index (χ2v) is 7.06. The molecule has 5 heteroatoms. The molecule has 1 N–H and O–H groups in total. The van der Waals surface area contributed by atoms with Crippen molar-refractivity contribution < 1.29 is 13.2 Å². The SMILES string of the molecule is C=CCS(=O)(=O)CC(=O)NC1CCCCCCC1. The minimum atomic E-state index is -3.33. The molecule has 0 atom stereocenters. The highest BCUT2D eigenvalue weighted by Crippen LogP contribution is 2.17. The highest BCUT2D eigenvalue weighted by molar-refractivity contribution is 7.92. The summed E-state index contributed by atoms with van der Waals surface area (Å²) in [6, 6.07) is 0.150. The molecule has 18 heavy (non-hydrogen) atoms. The van der Waals surface area contributed by atoms with Gasteiger partial charge in [-0.3, -0.25) is 4.79 Å². The Morgan fingerprint density at radius 3 is 2.28 bits per heavy atom. The number of rotatable bonds is 5. The maximum absolute atomic E-state index is 11.7. The van der Waals surface area contributed by atoms with E-state index in [1.165, 1.54) is 25.3 Å². The topological polar surface area (TPSA) is 63.2 Å². The zero-order chi connectivity index (χ0) is 13.4. The fraction of sp³-hybridized carbons (Fsp3) is 0.769. The molecule has 4 nitrogen and oxygen atoms in total. The highest BCUT2D eigenvalue weighted by atomic mass is 32.2. The lowest BCUT2D eigenvalue weighted by molar-refractivity contribution is -0.119. The lowest BCUT2D eigenvalue weighted by Crippen LogP contribution is -2.39. The van der Waals surface area contributed by atoms with Crippen LogP contribution in [0.1, 0.15) is 44.9 Å². The molecular formula is C13H23NO3S. The molecule has 0 unspecified atom stereocenters. The molecule has 0 aliphatic heterocycles. The van der Waals surface area contributed by atoms with E-state index in [0.717, 1.165) is 25.7 Å².